The van der Waals surface area contributed by atoms with Crippen molar-refractivity contribution in [2.45, 2.75) is 40.8 Å². The second-order valence-electron chi connectivity index (χ2n) is 7.58. The molecule has 2 rings (SSSR count). The Morgan fingerprint density at radius 2 is 1.84 bits per heavy atom. The Balaban J connectivity index is 2.15. The molecule has 136 valence electrons. The molecular formula is C21H30N2O2. The minimum absolute atomic E-state index is 0.146. The van der Waals surface area contributed by atoms with Crippen molar-refractivity contribution in [3.05, 3.63) is 59.4 Å². The van der Waals surface area contributed by atoms with Gasteiger partial charge in [0, 0.05) is 37.5 Å². The van der Waals surface area contributed by atoms with Crippen molar-refractivity contribution in [2.75, 3.05) is 20.3 Å². The molecule has 0 N–H and O–H groups in total. The SMILES string of the molecule is COCCN(Cc1cccn1Cc1ccc(C)cc1)C(=O)C(C)(C)C. The molecule has 0 radical (unpaired) electrons. The molecule has 0 fully saturated rings. The molecule has 25 heavy (non-hydrogen) atoms. The number of benzene rings is 1. The van der Waals surface area contributed by atoms with E-state index in [2.05, 4.69) is 48.0 Å². The lowest BCUT2D eigenvalue weighted by Gasteiger charge is -2.29. The quantitative estimate of drug-likeness (QED) is 0.765. The van der Waals surface area contributed by atoms with Gasteiger partial charge in [-0.05, 0) is 24.6 Å². The Hall–Kier alpha value is -2.07. The number of aromatic nitrogens is 1. The summed E-state index contributed by atoms with van der Waals surface area (Å²) in [5.41, 5.74) is 3.25. The third-order valence-electron chi connectivity index (χ3n) is 4.24. The van der Waals surface area contributed by atoms with E-state index in [1.165, 1.54) is 11.1 Å². The Kier molecular flexibility index (Phi) is 6.43. The van der Waals surface area contributed by atoms with Crippen LogP contribution in [0.2, 0.25) is 0 Å². The number of carbonyl (C=O) groups is 1. The first-order valence-corrected chi connectivity index (χ1v) is 8.79. The van der Waals surface area contributed by atoms with Crippen molar-refractivity contribution in [1.29, 1.82) is 0 Å². The number of methoxy groups -OCH3 is 1. The van der Waals surface area contributed by atoms with Gasteiger partial charge >= 0.3 is 0 Å². The largest absolute Gasteiger partial charge is 0.383 e. The first kappa shape index (κ1) is 19.3. The van der Waals surface area contributed by atoms with Crippen LogP contribution < -0.4 is 0 Å². The van der Waals surface area contributed by atoms with Crippen LogP contribution in [0.4, 0.5) is 0 Å². The highest BCUT2D eigenvalue weighted by Gasteiger charge is 2.27. The average Bonchev–Trinajstić information content (AvgIpc) is 2.99. The molecule has 0 saturated heterocycles. The normalized spacial score (nSPS) is 11.6. The van der Waals surface area contributed by atoms with E-state index in [1.807, 2.05) is 31.7 Å². The number of ether oxygens (including phenoxy) is 1. The van der Waals surface area contributed by atoms with E-state index in [0.29, 0.717) is 19.7 Å². The highest BCUT2D eigenvalue weighted by molar-refractivity contribution is 5.81. The van der Waals surface area contributed by atoms with Crippen LogP contribution in [0.1, 0.15) is 37.6 Å². The van der Waals surface area contributed by atoms with Crippen LogP contribution in [-0.2, 0) is 22.6 Å². The first-order valence-electron chi connectivity index (χ1n) is 8.79. The van der Waals surface area contributed by atoms with Crippen molar-refractivity contribution >= 4 is 5.91 Å². The molecule has 1 aromatic carbocycles. The Morgan fingerprint density at radius 3 is 2.44 bits per heavy atom. The summed E-state index contributed by atoms with van der Waals surface area (Å²) >= 11 is 0. The molecular weight excluding hydrogens is 312 g/mol. The van der Waals surface area contributed by atoms with Gasteiger partial charge in [-0.1, -0.05) is 50.6 Å². The standard InChI is InChI=1S/C21H30N2O2/c1-17-8-10-18(11-9-17)15-22-12-6-7-19(22)16-23(13-14-25-5)20(24)21(2,3)4/h6-12H,13-16H2,1-5H3. The zero-order chi connectivity index (χ0) is 18.4. The topological polar surface area (TPSA) is 34.5 Å². The Morgan fingerprint density at radius 1 is 1.16 bits per heavy atom. The van der Waals surface area contributed by atoms with Crippen molar-refractivity contribution in [1.82, 2.24) is 9.47 Å². The summed E-state index contributed by atoms with van der Waals surface area (Å²) in [6.45, 7) is 10.5. The molecule has 1 amide bonds. The highest BCUT2D eigenvalue weighted by Crippen LogP contribution is 2.20. The molecule has 1 heterocycles. The van der Waals surface area contributed by atoms with Crippen LogP contribution in [-0.4, -0.2) is 35.6 Å². The molecule has 0 bridgehead atoms. The lowest BCUT2D eigenvalue weighted by atomic mass is 9.94. The first-order chi connectivity index (χ1) is 11.8. The molecule has 0 aliphatic rings. The summed E-state index contributed by atoms with van der Waals surface area (Å²) in [5.74, 6) is 0.146. The number of aryl methyl sites for hydroxylation is 1. The molecule has 0 unspecified atom stereocenters. The summed E-state index contributed by atoms with van der Waals surface area (Å²) in [6, 6.07) is 12.7. The molecule has 0 saturated carbocycles. The van der Waals surface area contributed by atoms with Gasteiger partial charge in [-0.15, -0.1) is 0 Å². The van der Waals surface area contributed by atoms with E-state index in [-0.39, 0.29) is 5.91 Å². The van der Waals surface area contributed by atoms with Crippen LogP contribution in [0.3, 0.4) is 0 Å². The molecule has 2 aromatic rings. The summed E-state index contributed by atoms with van der Waals surface area (Å²) in [7, 11) is 1.67. The number of rotatable bonds is 7. The lowest BCUT2D eigenvalue weighted by Crippen LogP contribution is -2.41. The number of nitrogens with zero attached hydrogens (tertiary/aromatic N) is 2. The Bertz CT molecular complexity index is 681. The van der Waals surface area contributed by atoms with Crippen molar-refractivity contribution in [3.63, 3.8) is 0 Å². The van der Waals surface area contributed by atoms with Gasteiger partial charge in [0.05, 0.1) is 13.2 Å². The fraction of sp³-hybridized carbons (Fsp3) is 0.476. The van der Waals surface area contributed by atoms with Crippen molar-refractivity contribution in [3.8, 4) is 0 Å². The van der Waals surface area contributed by atoms with E-state index >= 15 is 0 Å². The summed E-state index contributed by atoms with van der Waals surface area (Å²) < 4.78 is 7.40. The third kappa shape index (κ3) is 5.46. The van der Waals surface area contributed by atoms with Gasteiger partial charge in [-0.25, -0.2) is 0 Å². The van der Waals surface area contributed by atoms with Gasteiger partial charge in [0.1, 0.15) is 0 Å². The predicted molar refractivity (Wildman–Crippen MR) is 101 cm³/mol. The molecule has 4 nitrogen and oxygen atoms in total. The molecule has 0 atom stereocenters. The van der Waals surface area contributed by atoms with Gasteiger partial charge in [0.25, 0.3) is 0 Å². The minimum atomic E-state index is -0.401. The van der Waals surface area contributed by atoms with E-state index in [4.69, 9.17) is 4.74 Å². The monoisotopic (exact) mass is 342 g/mol. The third-order valence-corrected chi connectivity index (χ3v) is 4.24. The Labute approximate surface area is 151 Å². The molecule has 4 heteroatoms. The van der Waals surface area contributed by atoms with E-state index in [1.54, 1.807) is 7.11 Å². The van der Waals surface area contributed by atoms with Gasteiger partial charge < -0.3 is 14.2 Å². The van der Waals surface area contributed by atoms with Gasteiger partial charge in [0.15, 0.2) is 0 Å². The molecule has 0 spiro atoms. The summed E-state index contributed by atoms with van der Waals surface area (Å²) in [4.78, 5) is 14.7. The zero-order valence-corrected chi connectivity index (χ0v) is 16.1. The van der Waals surface area contributed by atoms with Crippen LogP contribution in [0.15, 0.2) is 42.6 Å². The van der Waals surface area contributed by atoms with Gasteiger partial charge in [-0.3, -0.25) is 4.79 Å². The van der Waals surface area contributed by atoms with Crippen LogP contribution in [0, 0.1) is 12.3 Å². The van der Waals surface area contributed by atoms with E-state index < -0.39 is 5.41 Å². The maximum atomic E-state index is 12.8. The summed E-state index contributed by atoms with van der Waals surface area (Å²) in [5, 5.41) is 0. The minimum Gasteiger partial charge on any atom is -0.383 e. The summed E-state index contributed by atoms with van der Waals surface area (Å²) in [6.07, 6.45) is 2.07. The lowest BCUT2D eigenvalue weighted by molar-refractivity contribution is -0.140. The van der Waals surface area contributed by atoms with Crippen molar-refractivity contribution in [2.24, 2.45) is 5.41 Å². The van der Waals surface area contributed by atoms with Crippen LogP contribution >= 0.6 is 0 Å². The fourth-order valence-electron chi connectivity index (χ4n) is 2.76. The number of hydrogen-bond acceptors (Lipinski definition) is 2. The predicted octanol–water partition coefficient (Wildman–Crippen LogP) is 3.87. The van der Waals surface area contributed by atoms with E-state index in [0.717, 1.165) is 12.2 Å². The molecule has 0 aliphatic carbocycles. The maximum absolute atomic E-state index is 12.8. The average molecular weight is 342 g/mol. The zero-order valence-electron chi connectivity index (χ0n) is 16.1. The second-order valence-corrected chi connectivity index (χ2v) is 7.58. The highest BCUT2D eigenvalue weighted by atomic mass is 16.5. The molecule has 1 aromatic heterocycles. The van der Waals surface area contributed by atoms with Crippen LogP contribution in [0.25, 0.3) is 0 Å². The number of amides is 1. The van der Waals surface area contributed by atoms with Gasteiger partial charge in [0.2, 0.25) is 5.91 Å². The number of carbonyl (C=O) groups excluding carboxylic acids is 1. The smallest absolute Gasteiger partial charge is 0.228 e. The van der Waals surface area contributed by atoms with Crippen molar-refractivity contribution < 1.29 is 9.53 Å². The molecule has 0 aliphatic heterocycles. The number of hydrogen-bond donors (Lipinski definition) is 0. The van der Waals surface area contributed by atoms with Gasteiger partial charge in [-0.2, -0.15) is 0 Å². The van der Waals surface area contributed by atoms with Crippen LogP contribution in [0.5, 0.6) is 0 Å². The second kappa shape index (κ2) is 8.34. The fourth-order valence-corrected chi connectivity index (χ4v) is 2.76. The maximum Gasteiger partial charge on any atom is 0.228 e. The van der Waals surface area contributed by atoms with E-state index in [9.17, 15) is 4.79 Å².